The maximum Gasteiger partial charge on any atom is 0.161 e. The molecule has 4 heteroatoms. The third-order valence-electron chi connectivity index (χ3n) is 1.49. The lowest BCUT2D eigenvalue weighted by Gasteiger charge is -2.03. The molecule has 0 aliphatic rings. The van der Waals surface area contributed by atoms with Crippen molar-refractivity contribution in [3.63, 3.8) is 0 Å². The minimum Gasteiger partial charge on any atom is -0.397 e. The van der Waals surface area contributed by atoms with Gasteiger partial charge in [0.15, 0.2) is 5.78 Å². The Kier molecular flexibility index (Phi) is 2.60. The number of hydrogen-bond donors (Lipinski definition) is 1. The Labute approximate surface area is 80.3 Å². The second-order valence-electron chi connectivity index (χ2n) is 2.39. The summed E-state index contributed by atoms with van der Waals surface area (Å²) < 4.78 is 0. The number of Topliss-reactive ketones (excluding diaryl/α,β-unsaturated/α-hetero) is 1. The summed E-state index contributed by atoms with van der Waals surface area (Å²) in [6, 6.07) is 3.12. The average Bonchev–Trinajstić information content (AvgIpc) is 2.00. The number of nitrogen functional groups attached to an aromatic ring is 1. The SMILES string of the molecule is CC(=O)c1ccc(N)c(Cl)c1Cl. The van der Waals surface area contributed by atoms with Crippen LogP contribution < -0.4 is 5.73 Å². The Morgan fingerprint density at radius 1 is 1.33 bits per heavy atom. The molecule has 0 saturated heterocycles. The van der Waals surface area contributed by atoms with E-state index < -0.39 is 0 Å². The molecule has 0 amide bonds. The second-order valence-corrected chi connectivity index (χ2v) is 3.14. The number of rotatable bonds is 1. The molecular formula is C8H7Cl2NO. The van der Waals surface area contributed by atoms with Crippen molar-refractivity contribution in [3.05, 3.63) is 27.7 Å². The fourth-order valence-electron chi connectivity index (χ4n) is 0.836. The van der Waals surface area contributed by atoms with Crippen LogP contribution in [0.4, 0.5) is 5.69 Å². The highest BCUT2D eigenvalue weighted by atomic mass is 35.5. The molecule has 0 fully saturated rings. The van der Waals surface area contributed by atoms with Crippen LogP contribution in [-0.2, 0) is 0 Å². The molecule has 0 spiro atoms. The highest BCUT2D eigenvalue weighted by Gasteiger charge is 2.10. The second kappa shape index (κ2) is 3.33. The molecule has 0 aliphatic heterocycles. The predicted octanol–water partition coefficient (Wildman–Crippen LogP) is 2.78. The van der Waals surface area contributed by atoms with Crippen LogP contribution in [0.5, 0.6) is 0 Å². The van der Waals surface area contributed by atoms with Gasteiger partial charge in [0.2, 0.25) is 0 Å². The van der Waals surface area contributed by atoms with E-state index in [1.165, 1.54) is 6.92 Å². The highest BCUT2D eigenvalue weighted by molar-refractivity contribution is 6.45. The first-order valence-corrected chi connectivity index (χ1v) is 4.04. The van der Waals surface area contributed by atoms with Crippen LogP contribution in [0.25, 0.3) is 0 Å². The molecule has 64 valence electrons. The zero-order valence-corrected chi connectivity index (χ0v) is 7.91. The number of nitrogens with two attached hydrogens (primary N) is 1. The predicted molar refractivity (Wildman–Crippen MR) is 50.9 cm³/mol. The van der Waals surface area contributed by atoms with E-state index >= 15 is 0 Å². The van der Waals surface area contributed by atoms with Gasteiger partial charge >= 0.3 is 0 Å². The molecular weight excluding hydrogens is 197 g/mol. The molecule has 1 aromatic rings. The zero-order valence-electron chi connectivity index (χ0n) is 6.40. The van der Waals surface area contributed by atoms with Gasteiger partial charge in [-0.2, -0.15) is 0 Å². The van der Waals surface area contributed by atoms with Gasteiger partial charge in [0.05, 0.1) is 15.7 Å². The third-order valence-corrected chi connectivity index (χ3v) is 2.39. The summed E-state index contributed by atoms with van der Waals surface area (Å²) in [6.07, 6.45) is 0. The number of hydrogen-bond acceptors (Lipinski definition) is 2. The van der Waals surface area contributed by atoms with E-state index in [9.17, 15) is 4.79 Å². The van der Waals surface area contributed by atoms with E-state index in [0.717, 1.165) is 0 Å². The molecule has 0 radical (unpaired) electrons. The van der Waals surface area contributed by atoms with Crippen molar-refractivity contribution in [3.8, 4) is 0 Å². The lowest BCUT2D eigenvalue weighted by atomic mass is 10.1. The first kappa shape index (κ1) is 9.36. The van der Waals surface area contributed by atoms with Crippen LogP contribution in [0.1, 0.15) is 17.3 Å². The van der Waals surface area contributed by atoms with Crippen molar-refractivity contribution in [2.45, 2.75) is 6.92 Å². The molecule has 1 rings (SSSR count). The van der Waals surface area contributed by atoms with Gasteiger partial charge in [0.25, 0.3) is 0 Å². The fourth-order valence-corrected chi connectivity index (χ4v) is 1.31. The van der Waals surface area contributed by atoms with Gasteiger partial charge in [-0.25, -0.2) is 0 Å². The van der Waals surface area contributed by atoms with Gasteiger partial charge in [-0.1, -0.05) is 23.2 Å². The van der Waals surface area contributed by atoms with Gasteiger partial charge in [-0.3, -0.25) is 4.79 Å². The lowest BCUT2D eigenvalue weighted by molar-refractivity contribution is 0.101. The summed E-state index contributed by atoms with van der Waals surface area (Å²) in [5.41, 5.74) is 6.24. The molecule has 2 nitrogen and oxygen atoms in total. The quantitative estimate of drug-likeness (QED) is 0.564. The molecule has 0 unspecified atom stereocenters. The molecule has 0 atom stereocenters. The number of benzene rings is 1. The highest BCUT2D eigenvalue weighted by Crippen LogP contribution is 2.31. The molecule has 1 aromatic carbocycles. The van der Waals surface area contributed by atoms with Crippen LogP contribution in [0.2, 0.25) is 10.0 Å². The zero-order chi connectivity index (χ0) is 9.30. The summed E-state index contributed by atoms with van der Waals surface area (Å²) in [5.74, 6) is -0.123. The van der Waals surface area contributed by atoms with E-state index in [2.05, 4.69) is 0 Å². The van der Waals surface area contributed by atoms with Crippen molar-refractivity contribution in [2.75, 3.05) is 5.73 Å². The van der Waals surface area contributed by atoms with Crippen LogP contribution in [0.3, 0.4) is 0 Å². The van der Waals surface area contributed by atoms with Crippen molar-refractivity contribution in [2.24, 2.45) is 0 Å². The summed E-state index contributed by atoms with van der Waals surface area (Å²) >= 11 is 11.5. The van der Waals surface area contributed by atoms with Crippen molar-refractivity contribution < 1.29 is 4.79 Å². The maximum atomic E-state index is 10.9. The number of halogens is 2. The topological polar surface area (TPSA) is 43.1 Å². The van der Waals surface area contributed by atoms with Crippen molar-refractivity contribution >= 4 is 34.7 Å². The molecule has 0 heterocycles. The van der Waals surface area contributed by atoms with Crippen LogP contribution in [-0.4, -0.2) is 5.78 Å². The van der Waals surface area contributed by atoms with E-state index in [-0.39, 0.29) is 15.8 Å². The van der Waals surface area contributed by atoms with Gasteiger partial charge < -0.3 is 5.73 Å². The van der Waals surface area contributed by atoms with E-state index in [4.69, 9.17) is 28.9 Å². The normalized spacial score (nSPS) is 9.92. The Hall–Kier alpha value is -0.730. The Bertz CT molecular complexity index is 336. The number of anilines is 1. The first-order valence-electron chi connectivity index (χ1n) is 3.28. The Morgan fingerprint density at radius 2 is 1.92 bits per heavy atom. The molecule has 2 N–H and O–H groups in total. The van der Waals surface area contributed by atoms with Crippen LogP contribution >= 0.6 is 23.2 Å². The molecule has 12 heavy (non-hydrogen) atoms. The summed E-state index contributed by atoms with van der Waals surface area (Å²) in [7, 11) is 0. The van der Waals surface area contributed by atoms with E-state index in [0.29, 0.717) is 11.3 Å². The van der Waals surface area contributed by atoms with E-state index in [1.54, 1.807) is 12.1 Å². The van der Waals surface area contributed by atoms with Gasteiger partial charge in [0, 0.05) is 5.56 Å². The van der Waals surface area contributed by atoms with Gasteiger partial charge in [-0.05, 0) is 19.1 Å². The average molecular weight is 204 g/mol. The minimum absolute atomic E-state index is 0.123. The Morgan fingerprint density at radius 3 is 2.42 bits per heavy atom. The maximum absolute atomic E-state index is 10.9. The standard InChI is InChI=1S/C8H7Cl2NO/c1-4(12)5-2-3-6(11)8(10)7(5)9/h2-3H,11H2,1H3. The Balaban J connectivity index is 3.36. The van der Waals surface area contributed by atoms with E-state index in [1.807, 2.05) is 0 Å². The minimum atomic E-state index is -0.123. The summed E-state index contributed by atoms with van der Waals surface area (Å²) in [5, 5.41) is 0.466. The summed E-state index contributed by atoms with van der Waals surface area (Å²) in [4.78, 5) is 10.9. The molecule has 0 aliphatic carbocycles. The summed E-state index contributed by atoms with van der Waals surface area (Å²) in [6.45, 7) is 1.42. The van der Waals surface area contributed by atoms with Crippen LogP contribution in [0, 0.1) is 0 Å². The largest absolute Gasteiger partial charge is 0.397 e. The number of carbonyl (C=O) groups is 1. The third kappa shape index (κ3) is 1.54. The van der Waals surface area contributed by atoms with Crippen molar-refractivity contribution in [1.82, 2.24) is 0 Å². The lowest BCUT2D eigenvalue weighted by Crippen LogP contribution is -1.96. The smallest absolute Gasteiger partial charge is 0.161 e. The van der Waals surface area contributed by atoms with Gasteiger partial charge in [0.1, 0.15) is 0 Å². The van der Waals surface area contributed by atoms with Crippen LogP contribution in [0.15, 0.2) is 12.1 Å². The number of carbonyl (C=O) groups excluding carboxylic acids is 1. The first-order chi connectivity index (χ1) is 5.54. The number of ketones is 1. The molecule has 0 aromatic heterocycles. The molecule has 0 bridgehead atoms. The monoisotopic (exact) mass is 203 g/mol. The van der Waals surface area contributed by atoms with Gasteiger partial charge in [-0.15, -0.1) is 0 Å². The fraction of sp³-hybridized carbons (Fsp3) is 0.125. The molecule has 0 saturated carbocycles. The van der Waals surface area contributed by atoms with Crippen molar-refractivity contribution in [1.29, 1.82) is 0 Å².